The first-order chi connectivity index (χ1) is 11.6. The number of benzene rings is 1. The van der Waals surface area contributed by atoms with Gasteiger partial charge in [-0.15, -0.1) is 11.3 Å². The van der Waals surface area contributed by atoms with Crippen molar-refractivity contribution in [3.8, 4) is 0 Å². The molecule has 2 unspecified atom stereocenters. The third-order valence-corrected chi connectivity index (χ3v) is 5.14. The lowest BCUT2D eigenvalue weighted by Gasteiger charge is -2.37. The Kier molecular flexibility index (Phi) is 5.60. The van der Waals surface area contributed by atoms with Gasteiger partial charge in [-0.1, -0.05) is 12.1 Å². The molecule has 24 heavy (non-hydrogen) atoms. The molecule has 0 saturated carbocycles. The highest BCUT2D eigenvalue weighted by Gasteiger charge is 2.29. The quantitative estimate of drug-likeness (QED) is 0.903. The molecule has 1 N–H and O–H groups in total. The van der Waals surface area contributed by atoms with E-state index in [0.717, 1.165) is 13.1 Å². The molecule has 4 nitrogen and oxygen atoms in total. The topological polar surface area (TPSA) is 41.6 Å². The normalized spacial score (nSPS) is 18.1. The molecule has 0 radical (unpaired) electrons. The Morgan fingerprint density at radius 3 is 2.75 bits per heavy atom. The lowest BCUT2D eigenvalue weighted by molar-refractivity contribution is 0.00969. The van der Waals surface area contributed by atoms with Crippen LogP contribution in [0, 0.1) is 5.82 Å². The summed E-state index contributed by atoms with van der Waals surface area (Å²) in [6, 6.07) is 9.88. The average molecular weight is 348 g/mol. The van der Waals surface area contributed by atoms with Gasteiger partial charge in [-0.3, -0.25) is 9.69 Å². The molecule has 3 rings (SSSR count). The summed E-state index contributed by atoms with van der Waals surface area (Å²) in [7, 11) is 0. The number of morpholine rings is 1. The van der Waals surface area contributed by atoms with Crippen LogP contribution in [-0.2, 0) is 4.74 Å². The van der Waals surface area contributed by atoms with Crippen molar-refractivity contribution in [2.75, 3.05) is 26.3 Å². The molecule has 1 aromatic carbocycles. The highest BCUT2D eigenvalue weighted by atomic mass is 32.1. The first-order valence-corrected chi connectivity index (χ1v) is 8.95. The van der Waals surface area contributed by atoms with E-state index >= 15 is 0 Å². The monoisotopic (exact) mass is 348 g/mol. The Morgan fingerprint density at radius 2 is 2.08 bits per heavy atom. The molecule has 1 aliphatic rings. The van der Waals surface area contributed by atoms with Gasteiger partial charge in [-0.25, -0.2) is 4.39 Å². The van der Waals surface area contributed by atoms with Gasteiger partial charge >= 0.3 is 0 Å². The minimum Gasteiger partial charge on any atom is -0.379 e. The van der Waals surface area contributed by atoms with Crippen LogP contribution < -0.4 is 5.32 Å². The van der Waals surface area contributed by atoms with Crippen LogP contribution in [0.5, 0.6) is 0 Å². The Morgan fingerprint density at radius 1 is 1.29 bits per heavy atom. The number of rotatable bonds is 5. The molecule has 6 heteroatoms. The number of ether oxygens (including phenoxy) is 1. The molecule has 1 amide bonds. The van der Waals surface area contributed by atoms with Crippen molar-refractivity contribution in [3.63, 3.8) is 0 Å². The summed E-state index contributed by atoms with van der Waals surface area (Å²) in [4.78, 5) is 16.0. The SMILES string of the molecule is CC(NC(=O)c1cccc(F)c1)C(c1cccs1)N1CCOCC1. The molecular formula is C18H21FN2O2S. The summed E-state index contributed by atoms with van der Waals surface area (Å²) in [5, 5.41) is 5.07. The number of amides is 1. The third-order valence-electron chi connectivity index (χ3n) is 4.19. The van der Waals surface area contributed by atoms with Crippen LogP contribution in [0.25, 0.3) is 0 Å². The van der Waals surface area contributed by atoms with E-state index in [1.165, 1.54) is 17.0 Å². The lowest BCUT2D eigenvalue weighted by atomic mass is 10.0. The number of halogens is 1. The fourth-order valence-corrected chi connectivity index (χ4v) is 4.02. The van der Waals surface area contributed by atoms with Crippen molar-refractivity contribution in [2.45, 2.75) is 19.0 Å². The second-order valence-electron chi connectivity index (χ2n) is 5.88. The molecule has 0 bridgehead atoms. The van der Waals surface area contributed by atoms with Crippen LogP contribution in [0.1, 0.15) is 28.2 Å². The first kappa shape index (κ1) is 17.1. The summed E-state index contributed by atoms with van der Waals surface area (Å²) < 4.78 is 18.8. The van der Waals surface area contributed by atoms with Gasteiger partial charge < -0.3 is 10.1 Å². The van der Waals surface area contributed by atoms with Gasteiger partial charge in [-0.05, 0) is 36.6 Å². The van der Waals surface area contributed by atoms with E-state index in [2.05, 4.69) is 16.3 Å². The van der Waals surface area contributed by atoms with Crippen molar-refractivity contribution in [1.29, 1.82) is 0 Å². The maximum Gasteiger partial charge on any atom is 0.251 e. The second kappa shape index (κ2) is 7.88. The Labute approximate surface area is 145 Å². The zero-order chi connectivity index (χ0) is 16.9. The summed E-state index contributed by atoms with van der Waals surface area (Å²) in [5.74, 6) is -0.657. The standard InChI is InChI=1S/C18H21FN2O2S/c1-13(20-18(22)14-4-2-5-15(19)12-14)17(16-6-3-11-24-16)21-7-9-23-10-8-21/h2-6,11-13,17H,7-10H2,1H3,(H,20,22). The molecule has 1 aliphatic heterocycles. The van der Waals surface area contributed by atoms with Crippen LogP contribution in [0.2, 0.25) is 0 Å². The first-order valence-electron chi connectivity index (χ1n) is 8.07. The highest BCUT2D eigenvalue weighted by molar-refractivity contribution is 7.10. The smallest absolute Gasteiger partial charge is 0.251 e. The molecular weight excluding hydrogens is 327 g/mol. The fraction of sp³-hybridized carbons (Fsp3) is 0.389. The second-order valence-corrected chi connectivity index (χ2v) is 6.86. The van der Waals surface area contributed by atoms with Crippen molar-refractivity contribution < 1.29 is 13.9 Å². The van der Waals surface area contributed by atoms with Gasteiger partial charge in [0.1, 0.15) is 5.82 Å². The number of hydrogen-bond donors (Lipinski definition) is 1. The number of nitrogens with one attached hydrogen (secondary N) is 1. The lowest BCUT2D eigenvalue weighted by Crippen LogP contribution is -2.48. The van der Waals surface area contributed by atoms with Crippen molar-refractivity contribution in [2.24, 2.45) is 0 Å². The number of hydrogen-bond acceptors (Lipinski definition) is 4. The predicted octanol–water partition coefficient (Wildman–Crippen LogP) is 3.08. The summed E-state index contributed by atoms with van der Waals surface area (Å²) >= 11 is 1.68. The van der Waals surface area contributed by atoms with Crippen molar-refractivity contribution >= 4 is 17.2 Å². The van der Waals surface area contributed by atoms with Gasteiger partial charge in [0.25, 0.3) is 5.91 Å². The number of nitrogens with zero attached hydrogens (tertiary/aromatic N) is 1. The van der Waals surface area contributed by atoms with Gasteiger partial charge in [0.15, 0.2) is 0 Å². The van der Waals surface area contributed by atoms with Crippen LogP contribution in [0.4, 0.5) is 4.39 Å². The Hall–Kier alpha value is -1.76. The molecule has 1 aromatic heterocycles. The van der Waals surface area contributed by atoms with Gasteiger partial charge in [0.2, 0.25) is 0 Å². The van der Waals surface area contributed by atoms with E-state index in [1.54, 1.807) is 23.5 Å². The molecule has 2 aromatic rings. The number of carbonyl (C=O) groups excluding carboxylic acids is 1. The number of carbonyl (C=O) groups is 1. The van der Waals surface area contributed by atoms with E-state index in [-0.39, 0.29) is 18.0 Å². The largest absolute Gasteiger partial charge is 0.379 e. The molecule has 0 spiro atoms. The molecule has 0 aliphatic carbocycles. The molecule has 1 saturated heterocycles. The fourth-order valence-electron chi connectivity index (χ4n) is 3.06. The zero-order valence-corrected chi connectivity index (χ0v) is 14.4. The van der Waals surface area contributed by atoms with E-state index in [9.17, 15) is 9.18 Å². The third kappa shape index (κ3) is 4.01. The van der Waals surface area contributed by atoms with Gasteiger partial charge in [0, 0.05) is 29.6 Å². The molecule has 128 valence electrons. The predicted molar refractivity (Wildman–Crippen MR) is 92.8 cm³/mol. The maximum atomic E-state index is 13.3. The van der Waals surface area contributed by atoms with E-state index in [4.69, 9.17) is 4.74 Å². The number of thiophene rings is 1. The average Bonchev–Trinajstić information content (AvgIpc) is 3.10. The van der Waals surface area contributed by atoms with Crippen LogP contribution in [0.15, 0.2) is 41.8 Å². The summed E-state index contributed by atoms with van der Waals surface area (Å²) in [6.07, 6.45) is 0. The van der Waals surface area contributed by atoms with E-state index in [1.807, 2.05) is 18.4 Å². The van der Waals surface area contributed by atoms with E-state index in [0.29, 0.717) is 18.8 Å². The summed E-state index contributed by atoms with van der Waals surface area (Å²) in [5.41, 5.74) is 0.341. The van der Waals surface area contributed by atoms with Crippen molar-refractivity contribution in [3.05, 3.63) is 58.0 Å². The maximum absolute atomic E-state index is 13.3. The molecule has 1 fully saturated rings. The highest BCUT2D eigenvalue weighted by Crippen LogP contribution is 2.29. The van der Waals surface area contributed by atoms with Crippen LogP contribution in [0.3, 0.4) is 0 Å². The van der Waals surface area contributed by atoms with Crippen LogP contribution in [-0.4, -0.2) is 43.2 Å². The van der Waals surface area contributed by atoms with Gasteiger partial charge in [0.05, 0.1) is 19.3 Å². The minimum atomic E-state index is -0.404. The Balaban J connectivity index is 1.75. The van der Waals surface area contributed by atoms with Gasteiger partial charge in [-0.2, -0.15) is 0 Å². The zero-order valence-electron chi connectivity index (χ0n) is 13.6. The minimum absolute atomic E-state index is 0.0893. The van der Waals surface area contributed by atoms with Crippen LogP contribution >= 0.6 is 11.3 Å². The Bertz CT molecular complexity index is 671. The van der Waals surface area contributed by atoms with E-state index < -0.39 is 5.82 Å². The summed E-state index contributed by atoms with van der Waals surface area (Å²) in [6.45, 7) is 5.07. The van der Waals surface area contributed by atoms with Crippen molar-refractivity contribution in [1.82, 2.24) is 10.2 Å². The molecule has 2 heterocycles. The molecule has 2 atom stereocenters.